The second-order valence-corrected chi connectivity index (χ2v) is 1.89. The second kappa shape index (κ2) is 1.21. The molecule has 0 aromatic heterocycles. The number of hydrogen-bond acceptors (Lipinski definition) is 2. The summed E-state index contributed by atoms with van der Waals surface area (Å²) in [6, 6.07) is 0. The Labute approximate surface area is 33.8 Å². The summed E-state index contributed by atoms with van der Waals surface area (Å²) in [6.07, 6.45) is 0. The van der Waals surface area contributed by atoms with Gasteiger partial charge in [-0.3, -0.25) is 9.99 Å². The van der Waals surface area contributed by atoms with E-state index in [0.717, 1.165) is 13.3 Å². The Hall–Kier alpha value is 0.350. The van der Waals surface area contributed by atoms with Crippen molar-refractivity contribution in [1.29, 1.82) is 0 Å². The van der Waals surface area contributed by atoms with Gasteiger partial charge in [0.1, 0.15) is 0 Å². The highest BCUT2D eigenvalue weighted by Gasteiger charge is 2.03. The molecule has 0 saturated carbocycles. The lowest BCUT2D eigenvalue weighted by Crippen LogP contribution is -2.45. The van der Waals surface area contributed by atoms with Crippen molar-refractivity contribution >= 4 is 9.39 Å². The number of hydrogen-bond donors (Lipinski definition) is 1. The maximum atomic E-state index is 3.07. The standard InChI is InChI=1S/C2H7N2P/c5-4-1-3-2-4/h3H,1-2,5H2. The van der Waals surface area contributed by atoms with E-state index >= 15 is 0 Å². The monoisotopic (exact) mass is 90.0 g/mol. The van der Waals surface area contributed by atoms with Crippen molar-refractivity contribution in [2.24, 2.45) is 0 Å². The fourth-order valence-electron chi connectivity index (χ4n) is 0.241. The van der Waals surface area contributed by atoms with E-state index in [1.807, 2.05) is 0 Å². The summed E-state index contributed by atoms with van der Waals surface area (Å²) in [5, 5.41) is 3.07. The highest BCUT2D eigenvalue weighted by molar-refractivity contribution is 7.13. The molecule has 1 unspecified atom stereocenters. The summed E-state index contributed by atoms with van der Waals surface area (Å²) in [7, 11) is 2.59. The SMILES string of the molecule is PN1CNC1. The zero-order valence-corrected chi connectivity index (χ0v) is 4.09. The first kappa shape index (κ1) is 3.54. The molecule has 1 saturated heterocycles. The first-order valence-corrected chi connectivity index (χ1v) is 2.11. The molecule has 1 N–H and O–H groups in total. The molecule has 1 heterocycles. The van der Waals surface area contributed by atoms with Gasteiger partial charge in [0.05, 0.1) is 13.3 Å². The van der Waals surface area contributed by atoms with Crippen LogP contribution in [0.5, 0.6) is 0 Å². The maximum absolute atomic E-state index is 3.07. The summed E-state index contributed by atoms with van der Waals surface area (Å²) in [5.74, 6) is 0. The minimum absolute atomic E-state index is 1.03. The maximum Gasteiger partial charge on any atom is 0.0535 e. The van der Waals surface area contributed by atoms with E-state index in [2.05, 4.69) is 19.4 Å². The van der Waals surface area contributed by atoms with E-state index in [1.165, 1.54) is 0 Å². The average molecular weight is 90.1 g/mol. The van der Waals surface area contributed by atoms with Gasteiger partial charge in [-0.25, -0.2) is 0 Å². The summed E-state index contributed by atoms with van der Waals surface area (Å²) in [4.78, 5) is 0. The smallest absolute Gasteiger partial charge is 0.0535 e. The minimum atomic E-state index is 1.03. The number of nitrogens with one attached hydrogen (secondary N) is 1. The van der Waals surface area contributed by atoms with Crippen LogP contribution in [0.4, 0.5) is 0 Å². The lowest BCUT2D eigenvalue weighted by Gasteiger charge is -2.26. The van der Waals surface area contributed by atoms with Gasteiger partial charge in [0, 0.05) is 0 Å². The highest BCUT2D eigenvalue weighted by atomic mass is 31.0. The van der Waals surface area contributed by atoms with Crippen LogP contribution in [0.2, 0.25) is 0 Å². The lowest BCUT2D eigenvalue weighted by molar-refractivity contribution is 0.280. The molecule has 30 valence electrons. The summed E-state index contributed by atoms with van der Waals surface area (Å²) in [5.41, 5.74) is 0. The van der Waals surface area contributed by atoms with Crippen molar-refractivity contribution in [2.45, 2.75) is 0 Å². The van der Waals surface area contributed by atoms with Gasteiger partial charge in [-0.1, -0.05) is 9.39 Å². The third-order valence-corrected chi connectivity index (χ3v) is 0.995. The third kappa shape index (κ3) is 0.596. The first-order valence-electron chi connectivity index (χ1n) is 1.60. The molecule has 0 aromatic rings. The molecule has 1 aliphatic heterocycles. The minimum Gasteiger partial charge on any atom is -0.291 e. The van der Waals surface area contributed by atoms with Crippen LogP contribution in [0.15, 0.2) is 0 Å². The molecule has 1 fully saturated rings. The van der Waals surface area contributed by atoms with Crippen molar-refractivity contribution in [1.82, 2.24) is 9.99 Å². The Morgan fingerprint density at radius 2 is 2.00 bits per heavy atom. The molecule has 1 aliphatic rings. The van der Waals surface area contributed by atoms with E-state index in [0.29, 0.717) is 0 Å². The van der Waals surface area contributed by atoms with Crippen LogP contribution in [0.1, 0.15) is 0 Å². The Morgan fingerprint density at radius 1 is 1.60 bits per heavy atom. The zero-order chi connectivity index (χ0) is 3.70. The molecule has 3 heteroatoms. The van der Waals surface area contributed by atoms with Crippen LogP contribution in [-0.2, 0) is 0 Å². The molecule has 0 radical (unpaired) electrons. The van der Waals surface area contributed by atoms with Crippen LogP contribution < -0.4 is 5.32 Å². The van der Waals surface area contributed by atoms with Crippen molar-refractivity contribution in [3.05, 3.63) is 0 Å². The van der Waals surface area contributed by atoms with Gasteiger partial charge in [0.15, 0.2) is 0 Å². The molecule has 1 rings (SSSR count). The summed E-state index contributed by atoms with van der Waals surface area (Å²) in [6.45, 7) is 2.06. The quantitative estimate of drug-likeness (QED) is 0.407. The Kier molecular flexibility index (Phi) is 0.856. The lowest BCUT2D eigenvalue weighted by atomic mass is 10.8. The van der Waals surface area contributed by atoms with Crippen molar-refractivity contribution in [2.75, 3.05) is 13.3 Å². The van der Waals surface area contributed by atoms with Gasteiger partial charge in [-0.15, -0.1) is 0 Å². The molecule has 0 amide bonds. The second-order valence-electron chi connectivity index (χ2n) is 1.15. The van der Waals surface area contributed by atoms with Crippen LogP contribution in [0, 0.1) is 0 Å². The van der Waals surface area contributed by atoms with Crippen LogP contribution in [0.3, 0.4) is 0 Å². The van der Waals surface area contributed by atoms with Gasteiger partial charge in [-0.05, 0) is 0 Å². The fraction of sp³-hybridized carbons (Fsp3) is 1.00. The molecule has 1 atom stereocenters. The summed E-state index contributed by atoms with van der Waals surface area (Å²) >= 11 is 0. The third-order valence-electron chi connectivity index (χ3n) is 0.630. The first-order chi connectivity index (χ1) is 2.39. The Balaban J connectivity index is 2.08. The predicted octanol–water partition coefficient (Wildman–Crippen LogP) is -0.403. The normalized spacial score (nSPS) is 25.8. The van der Waals surface area contributed by atoms with Gasteiger partial charge >= 0.3 is 0 Å². The molecule has 0 bridgehead atoms. The van der Waals surface area contributed by atoms with E-state index in [4.69, 9.17) is 0 Å². The predicted molar refractivity (Wildman–Crippen MR) is 24.4 cm³/mol. The fourth-order valence-corrected chi connectivity index (χ4v) is 0.499. The van der Waals surface area contributed by atoms with E-state index in [9.17, 15) is 0 Å². The molecule has 5 heavy (non-hydrogen) atoms. The van der Waals surface area contributed by atoms with Crippen molar-refractivity contribution in [3.63, 3.8) is 0 Å². The molecule has 0 aliphatic carbocycles. The average Bonchev–Trinajstić information content (AvgIpc) is 1.30. The van der Waals surface area contributed by atoms with Gasteiger partial charge in [0.25, 0.3) is 0 Å². The largest absolute Gasteiger partial charge is 0.291 e. The van der Waals surface area contributed by atoms with E-state index in [1.54, 1.807) is 0 Å². The Bertz CT molecular complexity index is 34.6. The zero-order valence-electron chi connectivity index (χ0n) is 2.94. The molecular weight excluding hydrogens is 83.0 g/mol. The van der Waals surface area contributed by atoms with Crippen LogP contribution >= 0.6 is 9.39 Å². The van der Waals surface area contributed by atoms with Gasteiger partial charge in [0.2, 0.25) is 0 Å². The highest BCUT2D eigenvalue weighted by Crippen LogP contribution is 1.98. The van der Waals surface area contributed by atoms with Gasteiger partial charge in [-0.2, -0.15) is 0 Å². The molecule has 0 aromatic carbocycles. The topological polar surface area (TPSA) is 15.3 Å². The van der Waals surface area contributed by atoms with Crippen LogP contribution in [-0.4, -0.2) is 18.0 Å². The van der Waals surface area contributed by atoms with E-state index < -0.39 is 0 Å². The van der Waals surface area contributed by atoms with Gasteiger partial charge < -0.3 is 0 Å². The Morgan fingerprint density at radius 3 is 2.00 bits per heavy atom. The van der Waals surface area contributed by atoms with E-state index in [-0.39, 0.29) is 0 Å². The number of nitrogens with zero attached hydrogens (tertiary/aromatic N) is 1. The summed E-state index contributed by atoms with van der Waals surface area (Å²) < 4.78 is 2.11. The molecular formula is C2H7N2P. The molecule has 2 nitrogen and oxygen atoms in total. The van der Waals surface area contributed by atoms with Crippen LogP contribution in [0.25, 0.3) is 0 Å². The van der Waals surface area contributed by atoms with Crippen molar-refractivity contribution in [3.8, 4) is 0 Å². The number of rotatable bonds is 0. The molecule has 0 spiro atoms. The van der Waals surface area contributed by atoms with Crippen molar-refractivity contribution < 1.29 is 0 Å².